The lowest BCUT2D eigenvalue weighted by Crippen LogP contribution is -2.51. The second-order valence-corrected chi connectivity index (χ2v) is 9.18. The normalized spacial score (nSPS) is 32.0. The van der Waals surface area contributed by atoms with Gasteiger partial charge in [-0.05, 0) is 80.7 Å². The van der Waals surface area contributed by atoms with Crippen LogP contribution in [0.15, 0.2) is 33.6 Å². The van der Waals surface area contributed by atoms with E-state index in [0.29, 0.717) is 5.89 Å². The number of aromatic nitrogens is 2. The van der Waals surface area contributed by atoms with E-state index in [1.807, 2.05) is 30.5 Å². The van der Waals surface area contributed by atoms with Gasteiger partial charge in [0.15, 0.2) is 0 Å². The Balaban J connectivity index is 1.34. The summed E-state index contributed by atoms with van der Waals surface area (Å²) < 4.78 is 5.74. The van der Waals surface area contributed by atoms with Crippen molar-refractivity contribution in [2.75, 3.05) is 11.6 Å². The van der Waals surface area contributed by atoms with Crippen molar-refractivity contribution < 1.29 is 9.21 Å². The molecule has 26 heavy (non-hydrogen) atoms. The lowest BCUT2D eigenvalue weighted by Gasteiger charge is -2.55. The van der Waals surface area contributed by atoms with E-state index in [-0.39, 0.29) is 17.3 Å². The molecule has 0 spiro atoms. The predicted molar refractivity (Wildman–Crippen MR) is 101 cm³/mol. The number of amides is 1. The zero-order chi connectivity index (χ0) is 17.7. The summed E-state index contributed by atoms with van der Waals surface area (Å²) in [7, 11) is 0. The fraction of sp³-hybridized carbons (Fsp3) is 0.550. The molecule has 1 aromatic heterocycles. The average Bonchev–Trinajstić information content (AvgIpc) is 3.09. The fourth-order valence-electron chi connectivity index (χ4n) is 5.76. The minimum atomic E-state index is -0.206. The van der Waals surface area contributed by atoms with E-state index in [0.717, 1.165) is 47.5 Å². The minimum Gasteiger partial charge on any atom is -0.403 e. The molecule has 1 amide bonds. The summed E-state index contributed by atoms with van der Waals surface area (Å²) in [5.74, 6) is 2.74. The van der Waals surface area contributed by atoms with Crippen molar-refractivity contribution >= 4 is 23.7 Å². The van der Waals surface area contributed by atoms with E-state index >= 15 is 0 Å². The van der Waals surface area contributed by atoms with Gasteiger partial charge < -0.3 is 4.42 Å². The van der Waals surface area contributed by atoms with Crippen molar-refractivity contribution in [3.8, 4) is 11.5 Å². The maximum atomic E-state index is 13.1. The van der Waals surface area contributed by atoms with Crippen LogP contribution in [-0.4, -0.2) is 22.4 Å². The average molecular weight is 369 g/mol. The summed E-state index contributed by atoms with van der Waals surface area (Å²) in [6.07, 6.45) is 9.09. The number of nitrogens with zero attached hydrogens (tertiary/aromatic N) is 2. The Morgan fingerprint density at radius 2 is 1.85 bits per heavy atom. The quantitative estimate of drug-likeness (QED) is 0.797. The van der Waals surface area contributed by atoms with Crippen molar-refractivity contribution in [3.63, 3.8) is 0 Å². The van der Waals surface area contributed by atoms with Crippen molar-refractivity contribution in [1.82, 2.24) is 10.2 Å². The molecule has 4 bridgehead atoms. The first-order chi connectivity index (χ1) is 12.6. The van der Waals surface area contributed by atoms with Gasteiger partial charge in [-0.25, -0.2) is 0 Å². The molecule has 2 aromatic rings. The van der Waals surface area contributed by atoms with Crippen molar-refractivity contribution in [2.45, 2.75) is 43.4 Å². The third-order valence-electron chi connectivity index (χ3n) is 6.48. The van der Waals surface area contributed by atoms with Gasteiger partial charge in [-0.3, -0.25) is 10.1 Å². The van der Waals surface area contributed by atoms with Crippen LogP contribution in [0, 0.1) is 23.2 Å². The Morgan fingerprint density at radius 3 is 2.50 bits per heavy atom. The highest BCUT2D eigenvalue weighted by atomic mass is 32.2. The molecule has 0 unspecified atom stereocenters. The molecule has 6 rings (SSSR count). The van der Waals surface area contributed by atoms with Crippen LogP contribution in [0.5, 0.6) is 0 Å². The summed E-state index contributed by atoms with van der Waals surface area (Å²) in [6, 6.07) is 8.19. The van der Waals surface area contributed by atoms with Crippen LogP contribution in [0.2, 0.25) is 0 Å². The molecule has 0 radical (unpaired) electrons. The monoisotopic (exact) mass is 369 g/mol. The molecule has 0 aliphatic heterocycles. The Bertz CT molecular complexity index is 812. The van der Waals surface area contributed by atoms with Crippen LogP contribution in [0.4, 0.5) is 6.01 Å². The first-order valence-electron chi connectivity index (χ1n) is 9.43. The van der Waals surface area contributed by atoms with E-state index in [2.05, 4.69) is 15.5 Å². The number of anilines is 1. The van der Waals surface area contributed by atoms with Gasteiger partial charge in [0.2, 0.25) is 11.8 Å². The molecule has 6 heteroatoms. The van der Waals surface area contributed by atoms with Crippen LogP contribution in [-0.2, 0) is 4.79 Å². The molecule has 4 saturated carbocycles. The molecule has 0 atom stereocenters. The fourth-order valence-corrected chi connectivity index (χ4v) is 6.22. The molecule has 136 valence electrons. The first kappa shape index (κ1) is 16.4. The van der Waals surface area contributed by atoms with Crippen molar-refractivity contribution in [1.29, 1.82) is 0 Å². The highest BCUT2D eigenvalue weighted by molar-refractivity contribution is 7.98. The SMILES string of the molecule is CSc1cccc(-c2nnc(NC(=O)C34CC5CC(CC(C5)C3)C4)o2)c1. The molecule has 0 saturated heterocycles. The van der Waals surface area contributed by atoms with E-state index < -0.39 is 0 Å². The highest BCUT2D eigenvalue weighted by Crippen LogP contribution is 2.60. The largest absolute Gasteiger partial charge is 0.403 e. The summed E-state index contributed by atoms with van der Waals surface area (Å²) in [6.45, 7) is 0. The number of nitrogens with one attached hydrogen (secondary N) is 1. The molecule has 1 aromatic carbocycles. The number of hydrogen-bond donors (Lipinski definition) is 1. The Hall–Kier alpha value is -1.82. The highest BCUT2D eigenvalue weighted by Gasteiger charge is 2.54. The number of carbonyl (C=O) groups excluding carboxylic acids is 1. The molecule has 5 nitrogen and oxygen atoms in total. The van der Waals surface area contributed by atoms with Gasteiger partial charge in [-0.15, -0.1) is 16.9 Å². The van der Waals surface area contributed by atoms with Crippen LogP contribution in [0.25, 0.3) is 11.5 Å². The molecule has 4 fully saturated rings. The van der Waals surface area contributed by atoms with E-state index in [9.17, 15) is 4.79 Å². The second-order valence-electron chi connectivity index (χ2n) is 8.30. The first-order valence-corrected chi connectivity index (χ1v) is 10.7. The summed E-state index contributed by atoms with van der Waals surface area (Å²) in [4.78, 5) is 14.2. The van der Waals surface area contributed by atoms with E-state index in [1.165, 1.54) is 19.3 Å². The maximum Gasteiger partial charge on any atom is 0.322 e. The number of carbonyl (C=O) groups is 1. The minimum absolute atomic E-state index is 0.0877. The molecular weight excluding hydrogens is 346 g/mol. The predicted octanol–water partition coefficient (Wildman–Crippen LogP) is 4.61. The topological polar surface area (TPSA) is 68.0 Å². The smallest absolute Gasteiger partial charge is 0.322 e. The zero-order valence-corrected chi connectivity index (χ0v) is 15.7. The molecule has 4 aliphatic carbocycles. The third-order valence-corrected chi connectivity index (χ3v) is 7.21. The Kier molecular flexibility index (Phi) is 3.85. The van der Waals surface area contributed by atoms with Crippen LogP contribution in [0.3, 0.4) is 0 Å². The van der Waals surface area contributed by atoms with Gasteiger partial charge in [0, 0.05) is 10.5 Å². The standard InChI is InChI=1S/C20H23N3O2S/c1-26-16-4-2-3-15(8-16)17-22-23-19(25-17)21-18(24)20-9-12-5-13(10-20)7-14(6-12)11-20/h2-4,8,12-14H,5-7,9-11H2,1H3,(H,21,23,24). The number of benzene rings is 1. The summed E-state index contributed by atoms with van der Waals surface area (Å²) in [5.41, 5.74) is 0.668. The lowest BCUT2D eigenvalue weighted by atomic mass is 9.49. The van der Waals surface area contributed by atoms with Crippen molar-refractivity contribution in [2.24, 2.45) is 23.2 Å². The Morgan fingerprint density at radius 1 is 1.15 bits per heavy atom. The van der Waals surface area contributed by atoms with Gasteiger partial charge in [0.05, 0.1) is 5.41 Å². The van der Waals surface area contributed by atoms with Gasteiger partial charge >= 0.3 is 6.01 Å². The second kappa shape index (κ2) is 6.12. The van der Waals surface area contributed by atoms with Gasteiger partial charge in [-0.2, -0.15) is 0 Å². The number of thioether (sulfide) groups is 1. The van der Waals surface area contributed by atoms with Gasteiger partial charge in [-0.1, -0.05) is 11.2 Å². The van der Waals surface area contributed by atoms with Gasteiger partial charge in [0.25, 0.3) is 0 Å². The number of rotatable bonds is 4. The van der Waals surface area contributed by atoms with Crippen LogP contribution >= 0.6 is 11.8 Å². The molecule has 1 heterocycles. The molecule has 1 N–H and O–H groups in total. The lowest BCUT2D eigenvalue weighted by molar-refractivity contribution is -0.140. The molecular formula is C20H23N3O2S. The Labute approximate surface area is 157 Å². The maximum absolute atomic E-state index is 13.1. The summed E-state index contributed by atoms with van der Waals surface area (Å²) in [5, 5.41) is 11.1. The van der Waals surface area contributed by atoms with Crippen LogP contribution < -0.4 is 5.32 Å². The number of hydrogen-bond acceptors (Lipinski definition) is 5. The van der Waals surface area contributed by atoms with E-state index in [4.69, 9.17) is 4.42 Å². The zero-order valence-electron chi connectivity index (χ0n) is 14.9. The van der Waals surface area contributed by atoms with E-state index in [1.54, 1.807) is 11.8 Å². The third kappa shape index (κ3) is 2.75. The summed E-state index contributed by atoms with van der Waals surface area (Å²) >= 11 is 1.67. The molecule has 4 aliphatic rings. The van der Waals surface area contributed by atoms with Crippen molar-refractivity contribution in [3.05, 3.63) is 24.3 Å². The van der Waals surface area contributed by atoms with Gasteiger partial charge in [0.1, 0.15) is 0 Å². The van der Waals surface area contributed by atoms with Crippen LogP contribution in [0.1, 0.15) is 38.5 Å².